The fourth-order valence-electron chi connectivity index (χ4n) is 5.78. The summed E-state index contributed by atoms with van der Waals surface area (Å²) in [5, 5.41) is 14.1. The first-order chi connectivity index (χ1) is 23.1. The van der Waals surface area contributed by atoms with Gasteiger partial charge < -0.3 is 30.9 Å². The molecule has 0 radical (unpaired) electrons. The average molecular weight is 675 g/mol. The maximum Gasteiger partial charge on any atom is 0.258 e. The van der Waals surface area contributed by atoms with Gasteiger partial charge in [0.15, 0.2) is 6.61 Å². The Bertz CT molecular complexity index is 1610. The minimum absolute atomic E-state index is 0.176. The molecule has 0 unspecified atom stereocenters. The van der Waals surface area contributed by atoms with Crippen LogP contribution < -0.4 is 26.0 Å². The largest absolute Gasteiger partial charge is 0.484 e. The molecule has 13 heteroatoms. The van der Waals surface area contributed by atoms with Gasteiger partial charge in [-0.05, 0) is 43.4 Å². The highest BCUT2D eigenvalue weighted by Crippen LogP contribution is 2.23. The van der Waals surface area contributed by atoms with Crippen LogP contribution in [-0.2, 0) is 36.8 Å². The van der Waals surface area contributed by atoms with Crippen molar-refractivity contribution in [2.75, 3.05) is 19.7 Å². The van der Waals surface area contributed by atoms with Gasteiger partial charge in [0.2, 0.25) is 23.6 Å². The van der Waals surface area contributed by atoms with Gasteiger partial charge in [-0.3, -0.25) is 24.0 Å². The number of benzene rings is 2. The van der Waals surface area contributed by atoms with Crippen LogP contribution in [0.4, 0.5) is 0 Å². The van der Waals surface area contributed by atoms with Crippen LogP contribution in [0.15, 0.2) is 60.0 Å². The predicted molar refractivity (Wildman–Crippen MR) is 181 cm³/mol. The summed E-state index contributed by atoms with van der Waals surface area (Å²) in [6.45, 7) is 5.56. The minimum atomic E-state index is -0.976. The number of hydrogen-bond acceptors (Lipinski definition) is 8. The highest BCUT2D eigenvalue weighted by Gasteiger charge is 2.39. The number of rotatable bonds is 6. The Morgan fingerprint density at radius 2 is 1.77 bits per heavy atom. The number of aromatic nitrogens is 1. The molecule has 4 atom stereocenters. The lowest BCUT2D eigenvalue weighted by Crippen LogP contribution is -2.58. The van der Waals surface area contributed by atoms with E-state index in [4.69, 9.17) is 4.74 Å². The SMILES string of the molecule is CC(C)[C@@H]1NC(=O)COc2ccc(cc2)C[C@@H](C(=O)NCCc2nc(-c3ccccc3)cs2)NC(=O)[C@H](C)NC(=O)[C@H]2CCCN2C1=O. The highest BCUT2D eigenvalue weighted by atomic mass is 32.1. The number of nitrogens with one attached hydrogen (secondary N) is 4. The smallest absolute Gasteiger partial charge is 0.258 e. The van der Waals surface area contributed by atoms with Crippen LogP contribution in [0.25, 0.3) is 11.3 Å². The van der Waals surface area contributed by atoms with E-state index >= 15 is 0 Å². The van der Waals surface area contributed by atoms with Gasteiger partial charge in [0, 0.05) is 36.9 Å². The van der Waals surface area contributed by atoms with Crippen molar-refractivity contribution in [3.05, 3.63) is 70.5 Å². The molecule has 48 heavy (non-hydrogen) atoms. The number of carbonyl (C=O) groups is 5. The molecular formula is C35H42N6O6S. The molecule has 3 aliphatic heterocycles. The summed E-state index contributed by atoms with van der Waals surface area (Å²) in [6.07, 6.45) is 1.73. The summed E-state index contributed by atoms with van der Waals surface area (Å²) in [6, 6.07) is 13.2. The van der Waals surface area contributed by atoms with Gasteiger partial charge in [-0.15, -0.1) is 11.3 Å². The van der Waals surface area contributed by atoms with Gasteiger partial charge >= 0.3 is 0 Å². The molecular weight excluding hydrogens is 632 g/mol. The number of carbonyl (C=O) groups excluding carboxylic acids is 5. The van der Waals surface area contributed by atoms with Gasteiger partial charge in [-0.25, -0.2) is 4.98 Å². The number of amides is 5. The van der Waals surface area contributed by atoms with E-state index in [9.17, 15) is 24.0 Å². The van der Waals surface area contributed by atoms with Crippen LogP contribution in [-0.4, -0.2) is 83.3 Å². The molecule has 1 fully saturated rings. The predicted octanol–water partition coefficient (Wildman–Crippen LogP) is 2.23. The molecule has 2 bridgehead atoms. The van der Waals surface area contributed by atoms with E-state index in [0.29, 0.717) is 38.1 Å². The average Bonchev–Trinajstić information content (AvgIpc) is 3.77. The van der Waals surface area contributed by atoms with Gasteiger partial charge in [0.1, 0.15) is 29.9 Å². The van der Waals surface area contributed by atoms with Crippen molar-refractivity contribution in [2.45, 2.75) is 70.6 Å². The van der Waals surface area contributed by atoms with E-state index in [1.165, 1.54) is 16.2 Å². The fourth-order valence-corrected chi connectivity index (χ4v) is 6.59. The first-order valence-corrected chi connectivity index (χ1v) is 17.2. The number of nitrogens with zero attached hydrogens (tertiary/aromatic N) is 2. The molecule has 0 spiro atoms. The second-order valence-electron chi connectivity index (χ2n) is 12.4. The molecule has 1 aromatic heterocycles. The summed E-state index contributed by atoms with van der Waals surface area (Å²) in [5.41, 5.74) is 2.65. The third-order valence-corrected chi connectivity index (χ3v) is 9.37. The van der Waals surface area contributed by atoms with Gasteiger partial charge in [-0.1, -0.05) is 56.3 Å². The zero-order valence-electron chi connectivity index (χ0n) is 27.4. The Hall–Kier alpha value is -4.78. The summed E-state index contributed by atoms with van der Waals surface area (Å²) in [5.74, 6) is -1.99. The zero-order valence-corrected chi connectivity index (χ0v) is 28.2. The van der Waals surface area contributed by atoms with E-state index in [1.54, 1.807) is 31.2 Å². The second-order valence-corrected chi connectivity index (χ2v) is 13.4. The van der Waals surface area contributed by atoms with Crippen molar-refractivity contribution < 1.29 is 28.7 Å². The van der Waals surface area contributed by atoms with E-state index in [1.807, 2.05) is 49.6 Å². The van der Waals surface area contributed by atoms with E-state index in [-0.39, 0.29) is 30.8 Å². The molecule has 3 aliphatic rings. The van der Waals surface area contributed by atoms with Crippen LogP contribution in [0.3, 0.4) is 0 Å². The van der Waals surface area contributed by atoms with Gasteiger partial charge in [0.05, 0.1) is 10.7 Å². The Morgan fingerprint density at radius 1 is 1.02 bits per heavy atom. The first-order valence-electron chi connectivity index (χ1n) is 16.3. The maximum atomic E-state index is 13.6. The van der Waals surface area contributed by atoms with Crippen LogP contribution in [0, 0.1) is 5.92 Å². The van der Waals surface area contributed by atoms with Crippen molar-refractivity contribution in [2.24, 2.45) is 5.92 Å². The number of ether oxygens (including phenoxy) is 1. The molecule has 254 valence electrons. The molecule has 4 N–H and O–H groups in total. The molecule has 4 heterocycles. The highest BCUT2D eigenvalue weighted by molar-refractivity contribution is 7.09. The van der Waals surface area contributed by atoms with Crippen LogP contribution in [0.5, 0.6) is 5.75 Å². The molecule has 0 saturated carbocycles. The van der Waals surface area contributed by atoms with Crippen molar-refractivity contribution in [3.63, 3.8) is 0 Å². The van der Waals surface area contributed by atoms with Crippen LogP contribution >= 0.6 is 11.3 Å². The minimum Gasteiger partial charge on any atom is -0.484 e. The van der Waals surface area contributed by atoms with Crippen molar-refractivity contribution >= 4 is 40.9 Å². The Balaban J connectivity index is 1.30. The summed E-state index contributed by atoms with van der Waals surface area (Å²) < 4.78 is 5.68. The normalized spacial score (nSPS) is 22.5. The van der Waals surface area contributed by atoms with Crippen LogP contribution in [0.2, 0.25) is 0 Å². The van der Waals surface area contributed by atoms with Crippen molar-refractivity contribution in [1.29, 1.82) is 0 Å². The lowest BCUT2D eigenvalue weighted by molar-refractivity contribution is -0.143. The van der Waals surface area contributed by atoms with Gasteiger partial charge in [0.25, 0.3) is 5.91 Å². The summed E-state index contributed by atoms with van der Waals surface area (Å²) in [7, 11) is 0. The standard InChI is InChI=1S/C35H42N6O6S/c1-21(2)31-35(46)41-17-7-10-28(41)34(45)37-22(3)32(43)39-26(18-23-11-13-25(14-12-23)47-19-29(42)40-31)33(44)36-16-15-30-38-27(20-48-30)24-8-5-4-6-9-24/h4-6,8-9,11-14,20-22,26,28,31H,7,10,15-19H2,1-3H3,(H,36,44)(H,37,45)(H,39,43)(H,40,42)/t22-,26-,28+,31-/m0/s1. The molecule has 1 saturated heterocycles. The lowest BCUT2D eigenvalue weighted by Gasteiger charge is -2.31. The maximum absolute atomic E-state index is 13.6. The molecule has 12 nitrogen and oxygen atoms in total. The third kappa shape index (κ3) is 8.77. The van der Waals surface area contributed by atoms with Gasteiger partial charge in [-0.2, -0.15) is 0 Å². The Labute approximate surface area is 284 Å². The van der Waals surface area contributed by atoms with Crippen molar-refractivity contribution in [3.8, 4) is 17.0 Å². The lowest BCUT2D eigenvalue weighted by atomic mass is 10.0. The quantitative estimate of drug-likeness (QED) is 0.312. The fraction of sp³-hybridized carbons (Fsp3) is 0.429. The molecule has 5 amide bonds. The Morgan fingerprint density at radius 3 is 2.50 bits per heavy atom. The monoisotopic (exact) mass is 674 g/mol. The molecule has 3 aromatic rings. The van der Waals surface area contributed by atoms with E-state index in [2.05, 4.69) is 26.3 Å². The summed E-state index contributed by atoms with van der Waals surface area (Å²) in [4.78, 5) is 72.7. The Kier molecular flexibility index (Phi) is 11.4. The number of thiazole rings is 1. The third-order valence-electron chi connectivity index (χ3n) is 8.47. The molecule has 0 aliphatic carbocycles. The van der Waals surface area contributed by atoms with Crippen LogP contribution in [0.1, 0.15) is 44.2 Å². The number of hydrogen-bond donors (Lipinski definition) is 4. The zero-order chi connectivity index (χ0) is 34.2. The topological polar surface area (TPSA) is 159 Å². The van der Waals surface area contributed by atoms with E-state index < -0.39 is 41.9 Å². The first kappa shape index (κ1) is 34.6. The van der Waals surface area contributed by atoms with Crippen molar-refractivity contribution in [1.82, 2.24) is 31.2 Å². The van der Waals surface area contributed by atoms with E-state index in [0.717, 1.165) is 21.8 Å². The molecule has 6 rings (SSSR count). The number of fused-ring (bicyclic) bond motifs is 13. The molecule has 2 aromatic carbocycles. The second kappa shape index (κ2) is 15.9. The summed E-state index contributed by atoms with van der Waals surface area (Å²) >= 11 is 1.52.